The molecule has 1 aliphatic heterocycles. The van der Waals surface area contributed by atoms with Crippen LogP contribution in [0.25, 0.3) is 0 Å². The molecule has 0 radical (unpaired) electrons. The summed E-state index contributed by atoms with van der Waals surface area (Å²) in [5.41, 5.74) is 8.34. The highest BCUT2D eigenvalue weighted by atomic mass is 15.2. The van der Waals surface area contributed by atoms with E-state index in [1.807, 2.05) is 0 Å². The van der Waals surface area contributed by atoms with Crippen LogP contribution in [0.4, 0.5) is 5.69 Å². The summed E-state index contributed by atoms with van der Waals surface area (Å²) < 4.78 is 0. The zero-order valence-electron chi connectivity index (χ0n) is 12.9. The molecular formula is C17H26N4. The van der Waals surface area contributed by atoms with E-state index in [0.717, 1.165) is 24.7 Å². The van der Waals surface area contributed by atoms with Gasteiger partial charge in [-0.25, -0.2) is 0 Å². The van der Waals surface area contributed by atoms with Gasteiger partial charge in [0.1, 0.15) is 0 Å². The third-order valence-electron chi connectivity index (χ3n) is 4.53. The van der Waals surface area contributed by atoms with Crippen LogP contribution >= 0.6 is 0 Å². The monoisotopic (exact) mass is 286 g/mol. The Morgan fingerprint density at radius 3 is 2.71 bits per heavy atom. The first-order valence-corrected chi connectivity index (χ1v) is 8.14. The number of aryl methyl sites for hydroxylation is 1. The van der Waals surface area contributed by atoms with Crippen LogP contribution in [0.2, 0.25) is 0 Å². The first kappa shape index (κ1) is 14.4. The smallest absolute Gasteiger partial charge is 0.193 e. The van der Waals surface area contributed by atoms with Crippen LogP contribution in [0.1, 0.15) is 31.7 Å². The van der Waals surface area contributed by atoms with Gasteiger partial charge >= 0.3 is 0 Å². The van der Waals surface area contributed by atoms with Gasteiger partial charge in [-0.2, -0.15) is 0 Å². The Labute approximate surface area is 127 Å². The van der Waals surface area contributed by atoms with Crippen LogP contribution in [0.3, 0.4) is 0 Å². The van der Waals surface area contributed by atoms with Crippen molar-refractivity contribution in [3.05, 3.63) is 29.8 Å². The minimum absolute atomic E-state index is 0.532. The second-order valence-corrected chi connectivity index (χ2v) is 6.28. The lowest BCUT2D eigenvalue weighted by atomic mass is 10.1. The zero-order valence-corrected chi connectivity index (χ0v) is 12.9. The first-order valence-electron chi connectivity index (χ1n) is 8.14. The van der Waals surface area contributed by atoms with E-state index in [1.165, 1.54) is 37.9 Å². The number of nitrogens with one attached hydrogen (secondary N) is 1. The standard InChI is InChI=1S/C17H26N4/c1-2-13-3-5-15(6-4-13)20-17(18)19-11-14-9-10-21(12-14)16-7-8-16/h3-6,14,16H,2,7-12H2,1H3,(H3,18,19,20). The van der Waals surface area contributed by atoms with Gasteiger partial charge in [-0.3, -0.25) is 4.99 Å². The zero-order chi connectivity index (χ0) is 14.7. The Morgan fingerprint density at radius 1 is 1.29 bits per heavy atom. The second kappa shape index (κ2) is 6.48. The highest BCUT2D eigenvalue weighted by Gasteiger charge is 2.34. The van der Waals surface area contributed by atoms with E-state index < -0.39 is 0 Å². The maximum Gasteiger partial charge on any atom is 0.193 e. The van der Waals surface area contributed by atoms with E-state index in [1.54, 1.807) is 0 Å². The van der Waals surface area contributed by atoms with Crippen LogP contribution in [-0.2, 0) is 6.42 Å². The molecule has 1 atom stereocenters. The fourth-order valence-electron chi connectivity index (χ4n) is 3.02. The molecule has 1 aromatic rings. The van der Waals surface area contributed by atoms with Crippen LogP contribution in [0, 0.1) is 5.92 Å². The number of hydrogen-bond donors (Lipinski definition) is 2. The Balaban J connectivity index is 1.46. The lowest BCUT2D eigenvalue weighted by Gasteiger charge is -2.13. The highest BCUT2D eigenvalue weighted by molar-refractivity contribution is 5.92. The van der Waals surface area contributed by atoms with Crippen molar-refractivity contribution >= 4 is 11.6 Å². The summed E-state index contributed by atoms with van der Waals surface area (Å²) in [4.78, 5) is 7.13. The number of nitrogens with two attached hydrogens (primary N) is 1. The molecule has 3 N–H and O–H groups in total. The van der Waals surface area contributed by atoms with Crippen molar-refractivity contribution in [1.29, 1.82) is 0 Å². The summed E-state index contributed by atoms with van der Waals surface area (Å²) in [6.45, 7) is 5.45. The number of likely N-dealkylation sites (tertiary alicyclic amines) is 1. The first-order chi connectivity index (χ1) is 10.2. The molecule has 2 fully saturated rings. The molecule has 0 amide bonds. The molecule has 0 aromatic heterocycles. The van der Waals surface area contributed by atoms with Crippen LogP contribution in [-0.4, -0.2) is 36.5 Å². The summed E-state index contributed by atoms with van der Waals surface area (Å²) >= 11 is 0. The van der Waals surface area contributed by atoms with Crippen LogP contribution in [0.5, 0.6) is 0 Å². The summed E-state index contributed by atoms with van der Waals surface area (Å²) in [6, 6.07) is 9.25. The van der Waals surface area contributed by atoms with Gasteiger partial charge in [-0.1, -0.05) is 19.1 Å². The third-order valence-corrected chi connectivity index (χ3v) is 4.53. The van der Waals surface area contributed by atoms with Gasteiger partial charge in [0.05, 0.1) is 0 Å². The number of guanidine groups is 1. The largest absolute Gasteiger partial charge is 0.370 e. The molecule has 114 valence electrons. The minimum atomic E-state index is 0.532. The summed E-state index contributed by atoms with van der Waals surface area (Å²) in [5.74, 6) is 1.21. The van der Waals surface area contributed by atoms with E-state index in [4.69, 9.17) is 5.73 Å². The highest BCUT2D eigenvalue weighted by Crippen LogP contribution is 2.31. The predicted molar refractivity (Wildman–Crippen MR) is 88.6 cm³/mol. The summed E-state index contributed by atoms with van der Waals surface area (Å²) in [5, 5.41) is 3.18. The average molecular weight is 286 g/mol. The van der Waals surface area contributed by atoms with Gasteiger partial charge < -0.3 is 16.0 Å². The van der Waals surface area contributed by atoms with Crippen molar-refractivity contribution < 1.29 is 0 Å². The number of anilines is 1. The van der Waals surface area contributed by atoms with E-state index >= 15 is 0 Å². The van der Waals surface area contributed by atoms with E-state index in [-0.39, 0.29) is 0 Å². The second-order valence-electron chi connectivity index (χ2n) is 6.28. The van der Waals surface area contributed by atoms with Crippen LogP contribution in [0.15, 0.2) is 29.3 Å². The number of nitrogens with zero attached hydrogens (tertiary/aromatic N) is 2. The van der Waals surface area contributed by atoms with Gasteiger partial charge in [0.25, 0.3) is 0 Å². The van der Waals surface area contributed by atoms with Crippen molar-refractivity contribution in [1.82, 2.24) is 4.90 Å². The maximum atomic E-state index is 5.99. The van der Waals surface area contributed by atoms with Crippen molar-refractivity contribution in [3.8, 4) is 0 Å². The molecule has 21 heavy (non-hydrogen) atoms. The van der Waals surface area contributed by atoms with E-state index in [9.17, 15) is 0 Å². The Morgan fingerprint density at radius 2 is 2.05 bits per heavy atom. The summed E-state index contributed by atoms with van der Waals surface area (Å²) in [6.07, 6.45) is 5.11. The van der Waals surface area contributed by atoms with E-state index in [2.05, 4.69) is 46.4 Å². The fraction of sp³-hybridized carbons (Fsp3) is 0.588. The molecule has 1 aliphatic carbocycles. The van der Waals surface area contributed by atoms with Crippen molar-refractivity contribution in [2.45, 2.75) is 38.6 Å². The molecule has 1 unspecified atom stereocenters. The molecule has 2 aliphatic rings. The predicted octanol–water partition coefficient (Wildman–Crippen LogP) is 2.46. The number of rotatable bonds is 5. The molecule has 0 bridgehead atoms. The van der Waals surface area contributed by atoms with Gasteiger partial charge in [0.2, 0.25) is 0 Å². The molecule has 0 spiro atoms. The molecule has 4 nitrogen and oxygen atoms in total. The quantitative estimate of drug-likeness (QED) is 0.646. The van der Waals surface area contributed by atoms with Gasteiger partial charge in [-0.05, 0) is 55.8 Å². The molecule has 1 heterocycles. The lowest BCUT2D eigenvalue weighted by molar-refractivity contribution is 0.315. The normalized spacial score (nSPS) is 23.5. The SMILES string of the molecule is CCc1ccc(NC(N)=NCC2CCN(C3CC3)C2)cc1. The number of aliphatic imine (C=N–C) groups is 1. The molecule has 4 heteroatoms. The van der Waals surface area contributed by atoms with Crippen molar-refractivity contribution in [2.75, 3.05) is 25.0 Å². The Bertz CT molecular complexity index is 490. The topological polar surface area (TPSA) is 53.6 Å². The average Bonchev–Trinajstić information content (AvgIpc) is 3.25. The van der Waals surface area contributed by atoms with Gasteiger partial charge in [0, 0.05) is 24.8 Å². The molecular weight excluding hydrogens is 260 g/mol. The fourth-order valence-corrected chi connectivity index (χ4v) is 3.02. The third kappa shape index (κ3) is 3.97. The minimum Gasteiger partial charge on any atom is -0.370 e. The Hall–Kier alpha value is -1.55. The van der Waals surface area contributed by atoms with Crippen molar-refractivity contribution in [2.24, 2.45) is 16.6 Å². The van der Waals surface area contributed by atoms with Crippen LogP contribution < -0.4 is 11.1 Å². The van der Waals surface area contributed by atoms with Crippen molar-refractivity contribution in [3.63, 3.8) is 0 Å². The van der Waals surface area contributed by atoms with E-state index in [0.29, 0.717) is 11.9 Å². The maximum absolute atomic E-state index is 5.99. The molecule has 3 rings (SSSR count). The Kier molecular flexibility index (Phi) is 4.44. The van der Waals surface area contributed by atoms with Gasteiger partial charge in [0.15, 0.2) is 5.96 Å². The molecule has 1 saturated carbocycles. The lowest BCUT2D eigenvalue weighted by Crippen LogP contribution is -2.25. The van der Waals surface area contributed by atoms with Gasteiger partial charge in [-0.15, -0.1) is 0 Å². The summed E-state index contributed by atoms with van der Waals surface area (Å²) in [7, 11) is 0. The number of benzene rings is 1. The number of hydrogen-bond acceptors (Lipinski definition) is 2. The molecule has 1 aromatic carbocycles. The molecule has 1 saturated heterocycles.